The lowest BCUT2D eigenvalue weighted by Crippen LogP contribution is -2.04. The number of rotatable bonds is 8. The molecule has 28 heavy (non-hydrogen) atoms. The molecule has 2 aliphatic rings. The van der Waals surface area contributed by atoms with Crippen molar-refractivity contribution in [3.05, 3.63) is 54.7 Å². The molecule has 0 bridgehead atoms. The Balaban J connectivity index is 1.23. The Kier molecular flexibility index (Phi) is 4.60. The summed E-state index contributed by atoms with van der Waals surface area (Å²) in [5.74, 6) is 2.19. The molecule has 7 heteroatoms. The van der Waals surface area contributed by atoms with Crippen LogP contribution in [-0.2, 0) is 9.47 Å². The number of hydrogen-bond acceptors (Lipinski definition) is 7. The summed E-state index contributed by atoms with van der Waals surface area (Å²) in [6, 6.07) is 15.4. The maximum absolute atomic E-state index is 5.65. The third kappa shape index (κ3) is 4.27. The van der Waals surface area contributed by atoms with Crippen LogP contribution in [0.2, 0.25) is 0 Å². The molecule has 0 aliphatic carbocycles. The molecule has 0 spiro atoms. The quantitative estimate of drug-likeness (QED) is 0.558. The van der Waals surface area contributed by atoms with Crippen LogP contribution in [0.15, 0.2) is 54.7 Å². The van der Waals surface area contributed by atoms with Crippen molar-refractivity contribution in [2.45, 2.75) is 12.2 Å². The van der Waals surface area contributed by atoms with Crippen molar-refractivity contribution in [1.29, 1.82) is 0 Å². The second-order valence-corrected chi connectivity index (χ2v) is 6.75. The van der Waals surface area contributed by atoms with Crippen molar-refractivity contribution < 1.29 is 18.9 Å². The average Bonchev–Trinajstić information content (AvgIpc) is 3.67. The van der Waals surface area contributed by atoms with Crippen LogP contribution in [-0.4, -0.2) is 53.8 Å². The van der Waals surface area contributed by atoms with E-state index in [0.29, 0.717) is 24.7 Å². The molecule has 7 nitrogen and oxygen atoms in total. The Hall–Kier alpha value is -3.03. The van der Waals surface area contributed by atoms with Crippen molar-refractivity contribution in [2.75, 3.05) is 26.4 Å². The standard InChI is InChI=1S/C21H19N3O4/c1-5-16(25-10-18-12-27-18)6-2-14(1)20-9-22-21(24-23-20)15-3-7-17(8-4-15)26-11-19-13-28-19/h1-9,18-19H,10-13H2. The summed E-state index contributed by atoms with van der Waals surface area (Å²) >= 11 is 0. The van der Waals surface area contributed by atoms with Crippen LogP contribution in [0.5, 0.6) is 11.5 Å². The molecule has 2 fully saturated rings. The van der Waals surface area contributed by atoms with Crippen LogP contribution in [0.25, 0.3) is 22.6 Å². The van der Waals surface area contributed by atoms with E-state index in [0.717, 1.165) is 35.8 Å². The Bertz CT molecular complexity index is 843. The Morgan fingerprint density at radius 3 is 1.75 bits per heavy atom. The fourth-order valence-electron chi connectivity index (χ4n) is 2.67. The fraction of sp³-hybridized carbons (Fsp3) is 0.286. The third-order valence-corrected chi connectivity index (χ3v) is 4.50. The van der Waals surface area contributed by atoms with E-state index in [1.807, 2.05) is 48.5 Å². The van der Waals surface area contributed by atoms with Gasteiger partial charge in [0.1, 0.15) is 42.6 Å². The maximum Gasteiger partial charge on any atom is 0.181 e. The monoisotopic (exact) mass is 377 g/mol. The topological polar surface area (TPSA) is 82.2 Å². The van der Waals surface area contributed by atoms with E-state index < -0.39 is 0 Å². The van der Waals surface area contributed by atoms with Crippen molar-refractivity contribution in [3.8, 4) is 34.1 Å². The smallest absolute Gasteiger partial charge is 0.181 e. The van der Waals surface area contributed by atoms with Gasteiger partial charge >= 0.3 is 0 Å². The second kappa shape index (κ2) is 7.53. The number of ether oxygens (including phenoxy) is 4. The maximum atomic E-state index is 5.65. The zero-order valence-corrected chi connectivity index (χ0v) is 15.2. The van der Waals surface area contributed by atoms with Crippen LogP contribution >= 0.6 is 0 Å². The molecule has 3 aromatic rings. The number of hydrogen-bond donors (Lipinski definition) is 0. The van der Waals surface area contributed by atoms with Gasteiger partial charge in [-0.25, -0.2) is 4.98 Å². The van der Waals surface area contributed by atoms with Gasteiger partial charge in [-0.05, 0) is 48.5 Å². The first-order valence-corrected chi connectivity index (χ1v) is 9.23. The number of benzene rings is 2. The predicted molar refractivity (Wildman–Crippen MR) is 101 cm³/mol. The lowest BCUT2D eigenvalue weighted by Gasteiger charge is -2.06. The second-order valence-electron chi connectivity index (χ2n) is 6.75. The van der Waals surface area contributed by atoms with Gasteiger partial charge in [0.15, 0.2) is 5.82 Å². The van der Waals surface area contributed by atoms with Gasteiger partial charge < -0.3 is 18.9 Å². The minimum absolute atomic E-state index is 0.243. The van der Waals surface area contributed by atoms with Gasteiger partial charge in [-0.1, -0.05) is 0 Å². The van der Waals surface area contributed by atoms with Crippen LogP contribution < -0.4 is 9.47 Å². The highest BCUT2D eigenvalue weighted by atomic mass is 16.6. The highest BCUT2D eigenvalue weighted by Crippen LogP contribution is 2.23. The molecule has 0 amide bonds. The van der Waals surface area contributed by atoms with Crippen molar-refractivity contribution in [1.82, 2.24) is 15.2 Å². The van der Waals surface area contributed by atoms with Gasteiger partial charge in [0.2, 0.25) is 0 Å². The van der Waals surface area contributed by atoms with Crippen LogP contribution in [0.3, 0.4) is 0 Å². The van der Waals surface area contributed by atoms with Crippen molar-refractivity contribution in [2.24, 2.45) is 0 Å². The largest absolute Gasteiger partial charge is 0.491 e. The van der Waals surface area contributed by atoms with E-state index in [9.17, 15) is 0 Å². The number of nitrogens with zero attached hydrogens (tertiary/aromatic N) is 3. The summed E-state index contributed by atoms with van der Waals surface area (Å²) in [4.78, 5) is 4.45. The molecule has 1 aromatic heterocycles. The molecule has 5 rings (SSSR count). The molecule has 0 radical (unpaired) electrons. The molecular weight excluding hydrogens is 358 g/mol. The lowest BCUT2D eigenvalue weighted by molar-refractivity contribution is 0.263. The Labute approximate surface area is 162 Å². The predicted octanol–water partition coefficient (Wildman–Crippen LogP) is 2.76. The Morgan fingerprint density at radius 2 is 1.29 bits per heavy atom. The molecule has 0 saturated carbocycles. The van der Waals surface area contributed by atoms with Gasteiger partial charge in [0.25, 0.3) is 0 Å². The van der Waals surface area contributed by atoms with Gasteiger partial charge in [0.05, 0.1) is 19.4 Å². The summed E-state index contributed by atoms with van der Waals surface area (Å²) in [5, 5.41) is 8.57. The highest BCUT2D eigenvalue weighted by molar-refractivity contribution is 5.61. The van der Waals surface area contributed by atoms with Gasteiger partial charge in [0, 0.05) is 11.1 Å². The zero-order valence-electron chi connectivity index (χ0n) is 15.2. The minimum Gasteiger partial charge on any atom is -0.491 e. The lowest BCUT2D eigenvalue weighted by atomic mass is 10.1. The molecule has 3 heterocycles. The van der Waals surface area contributed by atoms with Crippen LogP contribution in [0, 0.1) is 0 Å². The molecule has 2 unspecified atom stereocenters. The van der Waals surface area contributed by atoms with Crippen LogP contribution in [0.4, 0.5) is 0 Å². The first kappa shape index (κ1) is 17.1. The van der Waals surface area contributed by atoms with Gasteiger partial charge in [-0.2, -0.15) is 0 Å². The molecular formula is C21H19N3O4. The molecule has 142 valence electrons. The molecule has 2 aromatic carbocycles. The summed E-state index contributed by atoms with van der Waals surface area (Å²) < 4.78 is 21.6. The number of epoxide rings is 2. The average molecular weight is 377 g/mol. The molecule has 0 N–H and O–H groups in total. The summed E-state index contributed by atoms with van der Waals surface area (Å²) in [6.45, 7) is 2.75. The summed E-state index contributed by atoms with van der Waals surface area (Å²) in [6.07, 6.45) is 2.22. The fourth-order valence-corrected chi connectivity index (χ4v) is 2.67. The van der Waals surface area contributed by atoms with Crippen molar-refractivity contribution in [3.63, 3.8) is 0 Å². The Morgan fingerprint density at radius 1 is 0.750 bits per heavy atom. The number of aromatic nitrogens is 3. The first-order valence-electron chi connectivity index (χ1n) is 9.23. The van der Waals surface area contributed by atoms with E-state index in [1.165, 1.54) is 0 Å². The molecule has 2 saturated heterocycles. The highest BCUT2D eigenvalue weighted by Gasteiger charge is 2.23. The normalized spacial score (nSPS) is 19.9. The molecule has 2 atom stereocenters. The van der Waals surface area contributed by atoms with Gasteiger partial charge in [-0.3, -0.25) is 0 Å². The zero-order chi connectivity index (χ0) is 18.8. The molecule has 2 aliphatic heterocycles. The van der Waals surface area contributed by atoms with E-state index in [-0.39, 0.29) is 12.2 Å². The van der Waals surface area contributed by atoms with Gasteiger partial charge in [-0.15, -0.1) is 10.2 Å². The van der Waals surface area contributed by atoms with Crippen molar-refractivity contribution >= 4 is 0 Å². The first-order chi connectivity index (χ1) is 13.8. The van der Waals surface area contributed by atoms with Crippen LogP contribution in [0.1, 0.15) is 0 Å². The SMILES string of the molecule is c1cc(-c2cnc(-c3ccc(OCC4CO4)cc3)nn2)ccc1OCC1CO1. The summed E-state index contributed by atoms with van der Waals surface area (Å²) in [5.41, 5.74) is 2.54. The van der Waals surface area contributed by atoms with E-state index in [4.69, 9.17) is 18.9 Å². The van der Waals surface area contributed by atoms with E-state index in [2.05, 4.69) is 15.2 Å². The minimum atomic E-state index is 0.243. The summed E-state index contributed by atoms with van der Waals surface area (Å²) in [7, 11) is 0. The van der Waals surface area contributed by atoms with E-state index >= 15 is 0 Å². The third-order valence-electron chi connectivity index (χ3n) is 4.50. The van der Waals surface area contributed by atoms with E-state index in [1.54, 1.807) is 6.20 Å².